The molecular weight excluding hydrogens is 394 g/mol. The van der Waals surface area contributed by atoms with E-state index < -0.39 is 0 Å². The Balaban J connectivity index is 1.73. The SMILES string of the molecule is CSc1ncc2c(n1)CCN(c1cc(-c3ncc(C)cc3C)c(Cl)cn1)C2=O. The summed E-state index contributed by atoms with van der Waals surface area (Å²) in [6, 6.07) is 3.88. The molecule has 0 aliphatic carbocycles. The van der Waals surface area contributed by atoms with Crippen molar-refractivity contribution in [1.82, 2.24) is 19.9 Å². The Morgan fingerprint density at radius 2 is 1.89 bits per heavy atom. The molecule has 0 saturated heterocycles. The molecule has 6 nitrogen and oxygen atoms in total. The van der Waals surface area contributed by atoms with E-state index in [0.29, 0.717) is 34.5 Å². The van der Waals surface area contributed by atoms with Crippen LogP contribution in [-0.2, 0) is 6.42 Å². The zero-order valence-electron chi connectivity index (χ0n) is 15.7. The number of anilines is 1. The van der Waals surface area contributed by atoms with Crippen LogP contribution in [0.3, 0.4) is 0 Å². The third-order valence-corrected chi connectivity index (χ3v) is 5.53. The molecule has 0 bridgehead atoms. The van der Waals surface area contributed by atoms with E-state index in [4.69, 9.17) is 11.6 Å². The molecule has 0 aromatic carbocycles. The van der Waals surface area contributed by atoms with Crippen LogP contribution in [0, 0.1) is 13.8 Å². The summed E-state index contributed by atoms with van der Waals surface area (Å²) in [5.41, 5.74) is 4.96. The van der Waals surface area contributed by atoms with Gasteiger partial charge < -0.3 is 0 Å². The van der Waals surface area contributed by atoms with E-state index in [9.17, 15) is 4.79 Å². The molecule has 142 valence electrons. The zero-order valence-corrected chi connectivity index (χ0v) is 17.3. The highest BCUT2D eigenvalue weighted by Gasteiger charge is 2.28. The second-order valence-corrected chi connectivity index (χ2v) is 7.80. The summed E-state index contributed by atoms with van der Waals surface area (Å²) in [6.07, 6.45) is 7.55. The lowest BCUT2D eigenvalue weighted by Gasteiger charge is -2.27. The molecule has 0 spiro atoms. The van der Waals surface area contributed by atoms with Crippen molar-refractivity contribution in [1.29, 1.82) is 0 Å². The molecule has 0 atom stereocenters. The predicted octanol–water partition coefficient (Wildman–Crippen LogP) is 4.13. The molecule has 4 rings (SSSR count). The number of carbonyl (C=O) groups excluding carboxylic acids is 1. The molecular formula is C20H18ClN5OS. The number of amides is 1. The van der Waals surface area contributed by atoms with Crippen LogP contribution in [0.2, 0.25) is 5.02 Å². The van der Waals surface area contributed by atoms with Crippen molar-refractivity contribution in [3.05, 3.63) is 58.1 Å². The van der Waals surface area contributed by atoms with Gasteiger partial charge in [0.05, 0.1) is 22.0 Å². The highest BCUT2D eigenvalue weighted by atomic mass is 35.5. The summed E-state index contributed by atoms with van der Waals surface area (Å²) in [4.78, 5) is 32.3. The summed E-state index contributed by atoms with van der Waals surface area (Å²) in [7, 11) is 0. The highest BCUT2D eigenvalue weighted by molar-refractivity contribution is 7.98. The van der Waals surface area contributed by atoms with Gasteiger partial charge in [-0.2, -0.15) is 0 Å². The Morgan fingerprint density at radius 1 is 1.07 bits per heavy atom. The van der Waals surface area contributed by atoms with Gasteiger partial charge in [0, 0.05) is 37.1 Å². The minimum absolute atomic E-state index is 0.150. The molecule has 0 unspecified atom stereocenters. The van der Waals surface area contributed by atoms with Gasteiger partial charge in [-0.25, -0.2) is 15.0 Å². The lowest BCUT2D eigenvalue weighted by atomic mass is 10.0. The fraction of sp³-hybridized carbons (Fsp3) is 0.250. The molecule has 0 radical (unpaired) electrons. The second-order valence-electron chi connectivity index (χ2n) is 6.62. The van der Waals surface area contributed by atoms with E-state index in [1.165, 1.54) is 11.8 Å². The molecule has 8 heteroatoms. The Hall–Kier alpha value is -2.51. The number of aromatic nitrogens is 4. The number of fused-ring (bicyclic) bond motifs is 1. The Bertz CT molecular complexity index is 1090. The van der Waals surface area contributed by atoms with Crippen LogP contribution in [0.5, 0.6) is 0 Å². The summed E-state index contributed by atoms with van der Waals surface area (Å²) >= 11 is 7.87. The first kappa shape index (κ1) is 18.8. The van der Waals surface area contributed by atoms with Crippen LogP contribution in [0.25, 0.3) is 11.3 Å². The maximum absolute atomic E-state index is 13.0. The van der Waals surface area contributed by atoms with Gasteiger partial charge in [0.15, 0.2) is 5.16 Å². The number of rotatable bonds is 3. The standard InChI is InChI=1S/C20H18ClN5OS/c1-11-6-12(2)18(23-8-11)13-7-17(22-10-15(13)21)26-5-4-16-14(19(26)27)9-24-20(25-16)28-3/h6-10H,4-5H2,1-3H3. The topological polar surface area (TPSA) is 71.9 Å². The third-order valence-electron chi connectivity index (χ3n) is 4.66. The van der Waals surface area contributed by atoms with E-state index >= 15 is 0 Å². The predicted molar refractivity (Wildman–Crippen MR) is 111 cm³/mol. The highest BCUT2D eigenvalue weighted by Crippen LogP contribution is 2.32. The van der Waals surface area contributed by atoms with Crippen molar-refractivity contribution in [3.63, 3.8) is 0 Å². The van der Waals surface area contributed by atoms with E-state index in [-0.39, 0.29) is 5.91 Å². The monoisotopic (exact) mass is 411 g/mol. The number of halogens is 1. The molecule has 0 N–H and O–H groups in total. The first-order valence-electron chi connectivity index (χ1n) is 8.79. The Kier molecular flexibility index (Phi) is 5.03. The maximum atomic E-state index is 13.0. The largest absolute Gasteiger partial charge is 0.292 e. The lowest BCUT2D eigenvalue weighted by molar-refractivity contribution is 0.0978. The molecule has 0 saturated carbocycles. The van der Waals surface area contributed by atoms with Crippen molar-refractivity contribution < 1.29 is 4.79 Å². The summed E-state index contributed by atoms with van der Waals surface area (Å²) in [5, 5.41) is 1.17. The molecule has 0 fully saturated rings. The van der Waals surface area contributed by atoms with Crippen LogP contribution in [0.15, 0.2) is 35.9 Å². The molecule has 3 aromatic rings. The quantitative estimate of drug-likeness (QED) is 0.476. The molecule has 3 aromatic heterocycles. The van der Waals surface area contributed by atoms with Crippen LogP contribution >= 0.6 is 23.4 Å². The zero-order chi connectivity index (χ0) is 19.8. The van der Waals surface area contributed by atoms with Crippen molar-refractivity contribution in [2.75, 3.05) is 17.7 Å². The Morgan fingerprint density at radius 3 is 2.64 bits per heavy atom. The number of pyridine rings is 2. The smallest absolute Gasteiger partial charge is 0.262 e. The normalized spacial score (nSPS) is 13.6. The molecule has 1 aliphatic heterocycles. The average molecular weight is 412 g/mol. The van der Waals surface area contributed by atoms with E-state index in [1.54, 1.807) is 17.3 Å². The maximum Gasteiger partial charge on any atom is 0.262 e. The van der Waals surface area contributed by atoms with Gasteiger partial charge >= 0.3 is 0 Å². The van der Waals surface area contributed by atoms with Crippen LogP contribution in [0.4, 0.5) is 5.82 Å². The van der Waals surface area contributed by atoms with E-state index in [2.05, 4.69) is 26.0 Å². The summed E-state index contributed by atoms with van der Waals surface area (Å²) < 4.78 is 0. The van der Waals surface area contributed by atoms with Crippen molar-refractivity contribution in [2.24, 2.45) is 0 Å². The first-order chi connectivity index (χ1) is 13.5. The average Bonchev–Trinajstić information content (AvgIpc) is 2.69. The number of hydrogen-bond donors (Lipinski definition) is 0. The van der Waals surface area contributed by atoms with Crippen molar-refractivity contribution >= 4 is 35.1 Å². The number of carbonyl (C=O) groups is 1. The van der Waals surface area contributed by atoms with Gasteiger partial charge in [-0.05, 0) is 37.3 Å². The third kappa shape index (κ3) is 3.36. The van der Waals surface area contributed by atoms with Gasteiger partial charge in [0.2, 0.25) is 0 Å². The Labute approximate surface area is 172 Å². The van der Waals surface area contributed by atoms with Gasteiger partial charge in [-0.15, -0.1) is 0 Å². The van der Waals surface area contributed by atoms with Crippen LogP contribution in [-0.4, -0.2) is 38.6 Å². The van der Waals surface area contributed by atoms with E-state index in [0.717, 1.165) is 28.1 Å². The number of nitrogens with zero attached hydrogens (tertiary/aromatic N) is 5. The minimum Gasteiger partial charge on any atom is -0.292 e. The molecule has 4 heterocycles. The second kappa shape index (κ2) is 7.48. The number of hydrogen-bond acceptors (Lipinski definition) is 6. The molecule has 1 aliphatic rings. The molecule has 1 amide bonds. The fourth-order valence-corrected chi connectivity index (χ4v) is 3.86. The van der Waals surface area contributed by atoms with E-state index in [1.807, 2.05) is 32.4 Å². The van der Waals surface area contributed by atoms with Gasteiger partial charge in [-0.1, -0.05) is 29.4 Å². The van der Waals surface area contributed by atoms with Crippen molar-refractivity contribution in [3.8, 4) is 11.3 Å². The van der Waals surface area contributed by atoms with Crippen molar-refractivity contribution in [2.45, 2.75) is 25.4 Å². The fourth-order valence-electron chi connectivity index (χ4n) is 3.30. The van der Waals surface area contributed by atoms with Gasteiger partial charge in [0.25, 0.3) is 5.91 Å². The lowest BCUT2D eigenvalue weighted by Crippen LogP contribution is -2.38. The van der Waals surface area contributed by atoms with Gasteiger partial charge in [0.1, 0.15) is 5.82 Å². The van der Waals surface area contributed by atoms with Crippen LogP contribution < -0.4 is 4.90 Å². The summed E-state index contributed by atoms with van der Waals surface area (Å²) in [6.45, 7) is 4.50. The van der Waals surface area contributed by atoms with Crippen LogP contribution in [0.1, 0.15) is 27.2 Å². The van der Waals surface area contributed by atoms with Gasteiger partial charge in [-0.3, -0.25) is 14.7 Å². The number of thioether (sulfide) groups is 1. The summed E-state index contributed by atoms with van der Waals surface area (Å²) in [5.74, 6) is 0.397. The molecule has 28 heavy (non-hydrogen) atoms. The minimum atomic E-state index is -0.150. The first-order valence-corrected chi connectivity index (χ1v) is 10.4. The number of aryl methyl sites for hydroxylation is 2.